The van der Waals surface area contributed by atoms with Crippen molar-refractivity contribution in [2.24, 2.45) is 7.05 Å². The summed E-state index contributed by atoms with van der Waals surface area (Å²) in [6.45, 7) is 3.76. The predicted octanol–water partition coefficient (Wildman–Crippen LogP) is 1.74. The molecule has 2 nitrogen and oxygen atoms in total. The van der Waals surface area contributed by atoms with Crippen LogP contribution in [0.1, 0.15) is 6.42 Å². The smallest absolute Gasteiger partial charge is 0.167 e. The lowest BCUT2D eigenvalue weighted by atomic mass is 10.6. The molecule has 55 valence electrons. The van der Waals surface area contributed by atoms with Crippen LogP contribution < -0.4 is 0 Å². The third kappa shape index (κ3) is 1.77. The molecule has 0 unspecified atom stereocenters. The van der Waals surface area contributed by atoms with Crippen molar-refractivity contribution in [3.63, 3.8) is 0 Å². The molecule has 0 aromatic carbocycles. The van der Waals surface area contributed by atoms with E-state index >= 15 is 0 Å². The molecule has 1 radical (unpaired) electrons. The van der Waals surface area contributed by atoms with Crippen molar-refractivity contribution >= 4 is 11.8 Å². The molecule has 0 fully saturated rings. The van der Waals surface area contributed by atoms with Crippen LogP contribution in [0.2, 0.25) is 0 Å². The maximum Gasteiger partial charge on any atom is 0.167 e. The lowest BCUT2D eigenvalue weighted by Gasteiger charge is -1.97. The third-order valence-corrected chi connectivity index (χ3v) is 2.30. The number of aryl methyl sites for hydroxylation is 1. The van der Waals surface area contributed by atoms with Crippen molar-refractivity contribution in [2.75, 3.05) is 5.75 Å². The van der Waals surface area contributed by atoms with Crippen LogP contribution in [0.25, 0.3) is 0 Å². The first-order valence-corrected chi connectivity index (χ1v) is 4.22. The Morgan fingerprint density at radius 1 is 1.80 bits per heavy atom. The van der Waals surface area contributed by atoms with E-state index in [2.05, 4.69) is 11.9 Å². The van der Waals surface area contributed by atoms with Gasteiger partial charge in [-0.1, -0.05) is 18.7 Å². The molecule has 0 saturated heterocycles. The molecule has 0 amide bonds. The Bertz CT molecular complexity index is 195. The summed E-state index contributed by atoms with van der Waals surface area (Å²) in [5, 5.41) is 1.07. The van der Waals surface area contributed by atoms with Gasteiger partial charge in [-0.25, -0.2) is 4.98 Å². The van der Waals surface area contributed by atoms with E-state index in [4.69, 9.17) is 0 Å². The van der Waals surface area contributed by atoms with Gasteiger partial charge in [-0.05, 0) is 6.42 Å². The summed E-state index contributed by atoms with van der Waals surface area (Å²) in [7, 11) is 2.00. The Morgan fingerprint density at radius 2 is 2.60 bits per heavy atom. The SMILES string of the molecule is [CH2]CCSc1nccn1C. The van der Waals surface area contributed by atoms with Crippen molar-refractivity contribution < 1.29 is 0 Å². The van der Waals surface area contributed by atoms with Crippen molar-refractivity contribution in [3.8, 4) is 0 Å². The zero-order valence-corrected chi connectivity index (χ0v) is 6.90. The highest BCUT2D eigenvalue weighted by molar-refractivity contribution is 7.99. The normalized spacial score (nSPS) is 10.2. The van der Waals surface area contributed by atoms with Crippen molar-refractivity contribution in [1.82, 2.24) is 9.55 Å². The van der Waals surface area contributed by atoms with Crippen LogP contribution in [0.5, 0.6) is 0 Å². The lowest BCUT2D eigenvalue weighted by Crippen LogP contribution is -1.89. The fourth-order valence-electron chi connectivity index (χ4n) is 0.654. The molecule has 0 spiro atoms. The van der Waals surface area contributed by atoms with Gasteiger partial charge in [0.25, 0.3) is 0 Å². The monoisotopic (exact) mass is 155 g/mol. The Morgan fingerprint density at radius 3 is 3.10 bits per heavy atom. The first-order valence-electron chi connectivity index (χ1n) is 3.24. The Labute approximate surface area is 65.7 Å². The minimum absolute atomic E-state index is 0.956. The van der Waals surface area contributed by atoms with Crippen LogP contribution in [0, 0.1) is 6.92 Å². The first-order chi connectivity index (χ1) is 4.84. The van der Waals surface area contributed by atoms with Gasteiger partial charge in [-0.2, -0.15) is 0 Å². The van der Waals surface area contributed by atoms with Crippen LogP contribution in [-0.2, 0) is 7.05 Å². The number of hydrogen-bond donors (Lipinski definition) is 0. The standard InChI is InChI=1S/C7H11N2S/c1-3-6-10-7-8-4-5-9(7)2/h4-5H,1,3,6H2,2H3. The number of aromatic nitrogens is 2. The second-order valence-corrected chi connectivity index (χ2v) is 3.08. The second-order valence-electron chi connectivity index (χ2n) is 2.02. The minimum atomic E-state index is 0.956. The molecule has 3 heteroatoms. The van der Waals surface area contributed by atoms with E-state index in [1.54, 1.807) is 11.8 Å². The molecule has 0 bridgehead atoms. The Hall–Kier alpha value is -0.440. The summed E-state index contributed by atoms with van der Waals surface area (Å²) < 4.78 is 2.01. The van der Waals surface area contributed by atoms with Crippen molar-refractivity contribution in [2.45, 2.75) is 11.6 Å². The second kappa shape index (κ2) is 3.66. The highest BCUT2D eigenvalue weighted by atomic mass is 32.2. The fourth-order valence-corrected chi connectivity index (χ4v) is 1.38. The van der Waals surface area contributed by atoms with Crippen LogP contribution in [-0.4, -0.2) is 15.3 Å². The molecule has 0 saturated carbocycles. The summed E-state index contributed by atoms with van der Waals surface area (Å²) in [6.07, 6.45) is 4.72. The maximum atomic E-state index is 4.15. The zero-order valence-electron chi connectivity index (χ0n) is 6.08. The fraction of sp³-hybridized carbons (Fsp3) is 0.429. The van der Waals surface area contributed by atoms with E-state index < -0.39 is 0 Å². The zero-order chi connectivity index (χ0) is 7.40. The van der Waals surface area contributed by atoms with E-state index in [0.29, 0.717) is 0 Å². The summed E-state index contributed by atoms with van der Waals surface area (Å²) in [6, 6.07) is 0. The van der Waals surface area contributed by atoms with E-state index in [0.717, 1.165) is 17.3 Å². The summed E-state index contributed by atoms with van der Waals surface area (Å²) in [4.78, 5) is 4.15. The van der Waals surface area contributed by atoms with Gasteiger partial charge >= 0.3 is 0 Å². The van der Waals surface area contributed by atoms with Crippen LogP contribution in [0.4, 0.5) is 0 Å². The lowest BCUT2D eigenvalue weighted by molar-refractivity contribution is 0.790. The first kappa shape index (κ1) is 7.66. The topological polar surface area (TPSA) is 17.8 Å². The van der Waals surface area contributed by atoms with Crippen molar-refractivity contribution in [3.05, 3.63) is 19.3 Å². The van der Waals surface area contributed by atoms with Crippen LogP contribution in [0.3, 0.4) is 0 Å². The highest BCUT2D eigenvalue weighted by Crippen LogP contribution is 2.14. The Kier molecular flexibility index (Phi) is 2.81. The highest BCUT2D eigenvalue weighted by Gasteiger charge is 1.96. The minimum Gasteiger partial charge on any atom is -0.329 e. The number of nitrogens with zero attached hydrogens (tertiary/aromatic N) is 2. The van der Waals surface area contributed by atoms with Gasteiger partial charge in [0.15, 0.2) is 5.16 Å². The van der Waals surface area contributed by atoms with Gasteiger partial charge in [0.2, 0.25) is 0 Å². The molecule has 0 aliphatic carbocycles. The summed E-state index contributed by atoms with van der Waals surface area (Å²) in [5.41, 5.74) is 0. The molecular formula is C7H11N2S. The van der Waals surface area contributed by atoms with Crippen molar-refractivity contribution in [1.29, 1.82) is 0 Å². The summed E-state index contributed by atoms with van der Waals surface area (Å²) >= 11 is 1.74. The summed E-state index contributed by atoms with van der Waals surface area (Å²) in [5.74, 6) is 1.05. The van der Waals surface area contributed by atoms with Gasteiger partial charge in [-0.15, -0.1) is 0 Å². The van der Waals surface area contributed by atoms with Gasteiger partial charge in [0.05, 0.1) is 0 Å². The molecule has 1 rings (SSSR count). The largest absolute Gasteiger partial charge is 0.329 e. The number of thioether (sulfide) groups is 1. The predicted molar refractivity (Wildman–Crippen MR) is 43.9 cm³/mol. The van der Waals surface area contributed by atoms with Gasteiger partial charge in [-0.3, -0.25) is 0 Å². The quantitative estimate of drug-likeness (QED) is 0.619. The average Bonchev–Trinajstić information content (AvgIpc) is 2.31. The van der Waals surface area contributed by atoms with E-state index in [1.807, 2.05) is 24.0 Å². The third-order valence-electron chi connectivity index (χ3n) is 1.15. The molecule has 10 heavy (non-hydrogen) atoms. The van der Waals surface area contributed by atoms with E-state index in [9.17, 15) is 0 Å². The molecule has 1 heterocycles. The molecule has 0 atom stereocenters. The Balaban J connectivity index is 2.49. The molecular weight excluding hydrogens is 144 g/mol. The molecule has 0 aliphatic rings. The van der Waals surface area contributed by atoms with Gasteiger partial charge < -0.3 is 4.57 Å². The van der Waals surface area contributed by atoms with E-state index in [-0.39, 0.29) is 0 Å². The molecule has 0 N–H and O–H groups in total. The molecule has 1 aromatic heterocycles. The van der Waals surface area contributed by atoms with E-state index in [1.165, 1.54) is 0 Å². The average molecular weight is 155 g/mol. The van der Waals surface area contributed by atoms with Gasteiger partial charge in [0, 0.05) is 25.2 Å². The number of rotatable bonds is 3. The maximum absolute atomic E-state index is 4.15. The molecule has 0 aliphatic heterocycles. The van der Waals surface area contributed by atoms with Gasteiger partial charge in [0.1, 0.15) is 0 Å². The van der Waals surface area contributed by atoms with Crippen LogP contribution in [0.15, 0.2) is 17.6 Å². The number of imidazole rings is 1. The molecule has 1 aromatic rings. The number of hydrogen-bond acceptors (Lipinski definition) is 2. The van der Waals surface area contributed by atoms with Crippen LogP contribution >= 0.6 is 11.8 Å².